The number of esters is 1. The summed E-state index contributed by atoms with van der Waals surface area (Å²) in [6.45, 7) is 1.29. The first-order valence-electron chi connectivity index (χ1n) is 10.3. The third-order valence-electron chi connectivity index (χ3n) is 6.04. The summed E-state index contributed by atoms with van der Waals surface area (Å²) in [5.74, 6) is -2.82. The maximum Gasteiger partial charge on any atom is 0.308 e. The predicted octanol–water partition coefficient (Wildman–Crippen LogP) is 2.97. The van der Waals surface area contributed by atoms with E-state index in [4.69, 9.17) is 4.74 Å². The van der Waals surface area contributed by atoms with Gasteiger partial charge in [-0.25, -0.2) is 4.90 Å². The monoisotopic (exact) mass is 507 g/mol. The van der Waals surface area contributed by atoms with Crippen LogP contribution in [0.15, 0.2) is 70.3 Å². The van der Waals surface area contributed by atoms with Gasteiger partial charge < -0.3 is 4.74 Å². The normalized spacial score (nSPS) is 25.3. The van der Waals surface area contributed by atoms with Gasteiger partial charge in [-0.2, -0.15) is 5.10 Å². The second-order valence-corrected chi connectivity index (χ2v) is 8.90. The third-order valence-corrected chi connectivity index (χ3v) is 6.57. The van der Waals surface area contributed by atoms with Crippen LogP contribution in [-0.4, -0.2) is 46.9 Å². The number of halogens is 1. The van der Waals surface area contributed by atoms with Crippen LogP contribution in [0.2, 0.25) is 0 Å². The summed E-state index contributed by atoms with van der Waals surface area (Å²) in [6.07, 6.45) is 5.07. The Balaban J connectivity index is 1.51. The zero-order valence-electron chi connectivity index (χ0n) is 17.4. The number of imide groups is 1. The number of hydrazone groups is 1. The number of allylic oxidation sites excluding steroid dienone is 1. The van der Waals surface area contributed by atoms with Gasteiger partial charge in [0.1, 0.15) is 11.8 Å². The SMILES string of the molecule is CC(=O)Oc1ccc(C(=O)[C@H]2[C@H]3C(=O)N(c4ccc(Br)cc4)C(=O)[C@@H]3[C@H]3C=CC=NN32)cc1. The number of benzene rings is 2. The zero-order chi connectivity index (χ0) is 23.3. The molecule has 5 rings (SSSR count). The van der Waals surface area contributed by atoms with Crippen LogP contribution in [0.1, 0.15) is 17.3 Å². The molecule has 2 saturated heterocycles. The number of anilines is 1. The van der Waals surface area contributed by atoms with Crippen LogP contribution in [0.4, 0.5) is 5.69 Å². The number of amides is 2. The van der Waals surface area contributed by atoms with Gasteiger partial charge in [0, 0.05) is 23.2 Å². The Morgan fingerprint density at radius 2 is 1.64 bits per heavy atom. The van der Waals surface area contributed by atoms with Gasteiger partial charge in [0.25, 0.3) is 0 Å². The lowest BCUT2D eigenvalue weighted by molar-refractivity contribution is -0.132. The molecule has 0 aromatic heterocycles. The van der Waals surface area contributed by atoms with Crippen LogP contribution >= 0.6 is 15.9 Å². The summed E-state index contributed by atoms with van der Waals surface area (Å²) in [4.78, 5) is 52.9. The highest BCUT2D eigenvalue weighted by molar-refractivity contribution is 9.10. The molecular formula is C24H18BrN3O5. The molecule has 0 radical (unpaired) electrons. The topological polar surface area (TPSA) is 96.3 Å². The van der Waals surface area contributed by atoms with Crippen molar-refractivity contribution in [3.63, 3.8) is 0 Å². The van der Waals surface area contributed by atoms with Crippen molar-refractivity contribution in [2.75, 3.05) is 4.90 Å². The van der Waals surface area contributed by atoms with Crippen molar-refractivity contribution in [3.05, 3.63) is 70.7 Å². The third kappa shape index (κ3) is 3.48. The maximum atomic E-state index is 13.6. The highest BCUT2D eigenvalue weighted by atomic mass is 79.9. The highest BCUT2D eigenvalue weighted by Gasteiger charge is 2.64. The number of Topliss-reactive ketones (excluding diaryl/α,β-unsaturated/α-hetero) is 1. The summed E-state index contributed by atoms with van der Waals surface area (Å²) >= 11 is 3.36. The van der Waals surface area contributed by atoms with E-state index in [9.17, 15) is 19.2 Å². The van der Waals surface area contributed by atoms with Gasteiger partial charge in [-0.05, 0) is 54.6 Å². The summed E-state index contributed by atoms with van der Waals surface area (Å²) < 4.78 is 5.86. The molecule has 0 saturated carbocycles. The largest absolute Gasteiger partial charge is 0.427 e. The number of carbonyl (C=O) groups is 4. The number of nitrogens with zero attached hydrogens (tertiary/aromatic N) is 3. The lowest BCUT2D eigenvalue weighted by Gasteiger charge is -2.30. The van der Waals surface area contributed by atoms with Crippen LogP contribution in [0.3, 0.4) is 0 Å². The first-order valence-corrected chi connectivity index (χ1v) is 11.1. The summed E-state index contributed by atoms with van der Waals surface area (Å²) in [5.41, 5.74) is 0.803. The van der Waals surface area contributed by atoms with E-state index >= 15 is 0 Å². The quantitative estimate of drug-likeness (QED) is 0.273. The summed E-state index contributed by atoms with van der Waals surface area (Å²) in [5, 5.41) is 5.90. The standard InChI is InChI=1S/C24H18BrN3O5/c1-13(29)33-17-10-4-14(5-11-17)22(30)21-20-19(18-3-2-12-26-28(18)21)23(31)27(24(20)32)16-8-6-15(25)7-9-16/h2-12,18-21H,1H3/t18-,19-,20+,21-/m1/s1. The van der Waals surface area contributed by atoms with Crippen molar-refractivity contribution in [1.29, 1.82) is 0 Å². The Hall–Kier alpha value is -3.59. The van der Waals surface area contributed by atoms with Gasteiger partial charge in [-0.3, -0.25) is 24.2 Å². The Labute approximate surface area is 197 Å². The van der Waals surface area contributed by atoms with E-state index in [0.29, 0.717) is 17.0 Å². The highest BCUT2D eigenvalue weighted by Crippen LogP contribution is 2.46. The van der Waals surface area contributed by atoms with Crippen LogP contribution in [0.25, 0.3) is 0 Å². The van der Waals surface area contributed by atoms with E-state index in [1.807, 2.05) is 0 Å². The van der Waals surface area contributed by atoms with Crippen LogP contribution in [0.5, 0.6) is 5.75 Å². The van der Waals surface area contributed by atoms with Gasteiger partial charge in [0.05, 0.1) is 23.6 Å². The van der Waals surface area contributed by atoms with Gasteiger partial charge in [0.2, 0.25) is 11.8 Å². The van der Waals surface area contributed by atoms with E-state index in [0.717, 1.165) is 4.47 Å². The molecule has 9 heteroatoms. The van der Waals surface area contributed by atoms with Crippen LogP contribution in [-0.2, 0) is 14.4 Å². The van der Waals surface area contributed by atoms with Crippen molar-refractivity contribution in [2.45, 2.75) is 19.0 Å². The van der Waals surface area contributed by atoms with Crippen molar-refractivity contribution in [1.82, 2.24) is 5.01 Å². The lowest BCUT2D eigenvalue weighted by Crippen LogP contribution is -2.46. The molecule has 3 aliphatic rings. The lowest BCUT2D eigenvalue weighted by atomic mass is 9.86. The molecular weight excluding hydrogens is 490 g/mol. The molecule has 0 N–H and O–H groups in total. The smallest absolute Gasteiger partial charge is 0.308 e. The fourth-order valence-electron chi connectivity index (χ4n) is 4.71. The van der Waals surface area contributed by atoms with E-state index < -0.39 is 35.8 Å². The van der Waals surface area contributed by atoms with E-state index in [2.05, 4.69) is 21.0 Å². The molecule has 0 unspecified atom stereocenters. The van der Waals surface area contributed by atoms with E-state index in [1.54, 1.807) is 59.8 Å². The van der Waals surface area contributed by atoms with Gasteiger partial charge in [0.15, 0.2) is 5.78 Å². The first-order chi connectivity index (χ1) is 15.9. The van der Waals surface area contributed by atoms with Crippen molar-refractivity contribution in [2.24, 2.45) is 16.9 Å². The Morgan fingerprint density at radius 3 is 2.30 bits per heavy atom. The Bertz CT molecular complexity index is 1220. The summed E-state index contributed by atoms with van der Waals surface area (Å²) in [7, 11) is 0. The molecule has 2 aromatic carbocycles. The zero-order valence-corrected chi connectivity index (χ0v) is 19.0. The van der Waals surface area contributed by atoms with Gasteiger partial charge in [-0.15, -0.1) is 0 Å². The number of fused-ring (bicyclic) bond motifs is 3. The molecule has 3 aliphatic heterocycles. The minimum absolute atomic E-state index is 0.314. The van der Waals surface area contributed by atoms with Crippen molar-refractivity contribution in [3.8, 4) is 5.75 Å². The molecule has 3 heterocycles. The molecule has 8 nitrogen and oxygen atoms in total. The molecule has 4 atom stereocenters. The second-order valence-electron chi connectivity index (χ2n) is 7.99. The number of hydrogen-bond donors (Lipinski definition) is 0. The molecule has 0 aliphatic carbocycles. The minimum atomic E-state index is -0.933. The number of ketones is 1. The van der Waals surface area contributed by atoms with Crippen LogP contribution < -0.4 is 9.64 Å². The summed E-state index contributed by atoms with van der Waals surface area (Å²) in [6, 6.07) is 11.6. The molecule has 33 heavy (non-hydrogen) atoms. The molecule has 2 aromatic rings. The second kappa shape index (κ2) is 8.08. The predicted molar refractivity (Wildman–Crippen MR) is 123 cm³/mol. The van der Waals surface area contributed by atoms with E-state index in [1.165, 1.54) is 24.0 Å². The average Bonchev–Trinajstić information content (AvgIpc) is 3.27. The number of carbonyl (C=O) groups excluding carboxylic acids is 4. The molecule has 166 valence electrons. The Kier molecular flexibility index (Phi) is 5.20. The Morgan fingerprint density at radius 1 is 0.970 bits per heavy atom. The first kappa shape index (κ1) is 21.3. The molecule has 0 bridgehead atoms. The van der Waals surface area contributed by atoms with Crippen molar-refractivity contribution >= 4 is 51.4 Å². The number of hydrogen-bond acceptors (Lipinski definition) is 7. The fourth-order valence-corrected chi connectivity index (χ4v) is 4.97. The van der Waals surface area contributed by atoms with Gasteiger partial charge >= 0.3 is 5.97 Å². The van der Waals surface area contributed by atoms with Crippen LogP contribution in [0, 0.1) is 11.8 Å². The van der Waals surface area contributed by atoms with Gasteiger partial charge in [-0.1, -0.05) is 22.0 Å². The fraction of sp³-hybridized carbons (Fsp3) is 0.208. The molecule has 2 amide bonds. The molecule has 0 spiro atoms. The maximum absolute atomic E-state index is 13.6. The van der Waals surface area contributed by atoms with E-state index in [-0.39, 0.29) is 11.7 Å². The number of ether oxygens (including phenoxy) is 1. The van der Waals surface area contributed by atoms with Crippen molar-refractivity contribution < 1.29 is 23.9 Å². The number of rotatable bonds is 4. The molecule has 2 fully saturated rings. The minimum Gasteiger partial charge on any atom is -0.427 e. The average molecular weight is 508 g/mol.